The van der Waals surface area contributed by atoms with Crippen LogP contribution in [0.2, 0.25) is 0 Å². The fraction of sp³-hybridized carbons (Fsp3) is 0.400. The molecule has 5 nitrogen and oxygen atoms in total. The predicted octanol–water partition coefficient (Wildman–Crippen LogP) is 0.928. The average Bonchev–Trinajstić information content (AvgIpc) is 2.72. The summed E-state index contributed by atoms with van der Waals surface area (Å²) in [5.41, 5.74) is 0. The number of anilines is 1. The summed E-state index contributed by atoms with van der Waals surface area (Å²) in [5.74, 6) is 0.499. The van der Waals surface area contributed by atoms with Crippen molar-refractivity contribution >= 4 is 11.9 Å². The fourth-order valence-corrected chi connectivity index (χ4v) is 1.80. The van der Waals surface area contributed by atoms with Gasteiger partial charge in [0.15, 0.2) is 0 Å². The van der Waals surface area contributed by atoms with Crippen LogP contribution in [0, 0.1) is 0 Å². The van der Waals surface area contributed by atoms with Crippen molar-refractivity contribution in [1.82, 2.24) is 10.3 Å². The molecule has 1 aromatic rings. The molecule has 0 spiro atoms. The number of nitrogens with zero attached hydrogens (tertiary/aromatic N) is 2. The molecule has 5 heteroatoms. The van der Waals surface area contributed by atoms with Crippen molar-refractivity contribution < 1.29 is 9.90 Å². The Bertz CT molecular complexity index is 336. The number of aromatic nitrogens is 1. The Kier molecular flexibility index (Phi) is 2.82. The highest BCUT2D eigenvalue weighted by atomic mass is 16.4. The van der Waals surface area contributed by atoms with Gasteiger partial charge >= 0.3 is 6.09 Å². The van der Waals surface area contributed by atoms with Crippen LogP contribution < -0.4 is 10.2 Å². The molecule has 1 amide bonds. The fourth-order valence-electron chi connectivity index (χ4n) is 1.80. The van der Waals surface area contributed by atoms with E-state index in [0.29, 0.717) is 12.4 Å². The van der Waals surface area contributed by atoms with Crippen LogP contribution in [0.25, 0.3) is 0 Å². The van der Waals surface area contributed by atoms with Crippen LogP contribution in [-0.2, 0) is 0 Å². The van der Waals surface area contributed by atoms with Crippen LogP contribution in [-0.4, -0.2) is 35.3 Å². The lowest BCUT2D eigenvalue weighted by Gasteiger charge is -2.24. The third-order valence-electron chi connectivity index (χ3n) is 2.50. The summed E-state index contributed by atoms with van der Waals surface area (Å²) in [7, 11) is 0. The van der Waals surface area contributed by atoms with E-state index in [2.05, 4.69) is 10.3 Å². The van der Waals surface area contributed by atoms with Crippen molar-refractivity contribution in [3.05, 3.63) is 24.4 Å². The maximum Gasteiger partial charge on any atom is 0.413 e. The molecule has 2 N–H and O–H groups in total. The van der Waals surface area contributed by atoms with E-state index in [0.717, 1.165) is 13.0 Å². The van der Waals surface area contributed by atoms with Crippen molar-refractivity contribution in [3.63, 3.8) is 0 Å². The zero-order chi connectivity index (χ0) is 10.7. The van der Waals surface area contributed by atoms with E-state index < -0.39 is 6.09 Å². The highest BCUT2D eigenvalue weighted by Gasteiger charge is 2.28. The third-order valence-corrected chi connectivity index (χ3v) is 2.50. The van der Waals surface area contributed by atoms with Crippen molar-refractivity contribution in [2.45, 2.75) is 12.5 Å². The van der Waals surface area contributed by atoms with Gasteiger partial charge in [-0.25, -0.2) is 9.78 Å². The summed E-state index contributed by atoms with van der Waals surface area (Å²) in [6, 6.07) is 5.28. The van der Waals surface area contributed by atoms with Crippen LogP contribution in [0.5, 0.6) is 0 Å². The van der Waals surface area contributed by atoms with Gasteiger partial charge in [0.2, 0.25) is 0 Å². The number of nitrogens with one attached hydrogen (secondary N) is 1. The first kappa shape index (κ1) is 9.92. The Morgan fingerprint density at radius 2 is 2.47 bits per heavy atom. The normalized spacial score (nSPS) is 20.1. The molecule has 1 atom stereocenters. The van der Waals surface area contributed by atoms with E-state index >= 15 is 0 Å². The number of carbonyl (C=O) groups is 1. The Labute approximate surface area is 87.7 Å². The monoisotopic (exact) mass is 207 g/mol. The van der Waals surface area contributed by atoms with E-state index in [1.165, 1.54) is 4.90 Å². The maximum absolute atomic E-state index is 11.1. The highest BCUT2D eigenvalue weighted by molar-refractivity contribution is 5.85. The second-order valence-electron chi connectivity index (χ2n) is 3.49. The standard InChI is InChI=1S/C10H13N3O2/c14-10(15)13(8-4-6-11-7-8)9-3-1-2-5-12-9/h1-3,5,8,11H,4,6-7H2,(H,14,15). The Hall–Kier alpha value is -1.62. The Balaban J connectivity index is 2.23. The summed E-state index contributed by atoms with van der Waals surface area (Å²) in [4.78, 5) is 16.5. The van der Waals surface area contributed by atoms with Crippen molar-refractivity contribution in [2.75, 3.05) is 18.0 Å². The van der Waals surface area contributed by atoms with Gasteiger partial charge in [0.05, 0.1) is 6.04 Å². The second kappa shape index (κ2) is 4.27. The minimum absolute atomic E-state index is 0.00241. The van der Waals surface area contributed by atoms with Crippen LogP contribution in [0.3, 0.4) is 0 Å². The first-order valence-electron chi connectivity index (χ1n) is 4.93. The van der Waals surface area contributed by atoms with E-state index in [1.54, 1.807) is 24.4 Å². The van der Waals surface area contributed by atoms with E-state index in [1.807, 2.05) is 0 Å². The first-order valence-corrected chi connectivity index (χ1v) is 4.93. The lowest BCUT2D eigenvalue weighted by Crippen LogP contribution is -2.41. The van der Waals surface area contributed by atoms with Gasteiger partial charge in [-0.3, -0.25) is 4.90 Å². The van der Waals surface area contributed by atoms with Gasteiger partial charge in [0, 0.05) is 12.7 Å². The molecule has 15 heavy (non-hydrogen) atoms. The van der Waals surface area contributed by atoms with Crippen molar-refractivity contribution in [2.24, 2.45) is 0 Å². The Morgan fingerprint density at radius 1 is 1.60 bits per heavy atom. The molecule has 1 unspecified atom stereocenters. The highest BCUT2D eigenvalue weighted by Crippen LogP contribution is 2.17. The number of rotatable bonds is 2. The first-order chi connectivity index (χ1) is 7.29. The predicted molar refractivity (Wildman–Crippen MR) is 56.0 cm³/mol. The van der Waals surface area contributed by atoms with E-state index in [-0.39, 0.29) is 6.04 Å². The van der Waals surface area contributed by atoms with Gasteiger partial charge < -0.3 is 10.4 Å². The molecule has 0 aromatic carbocycles. The van der Waals surface area contributed by atoms with Gasteiger partial charge in [0.1, 0.15) is 5.82 Å². The van der Waals surface area contributed by atoms with Gasteiger partial charge in [-0.1, -0.05) is 6.07 Å². The maximum atomic E-state index is 11.1. The molecule has 1 fully saturated rings. The summed E-state index contributed by atoms with van der Waals surface area (Å²) < 4.78 is 0. The molecule has 1 aliphatic heterocycles. The van der Waals surface area contributed by atoms with Gasteiger partial charge in [-0.05, 0) is 25.1 Å². The SMILES string of the molecule is O=C(O)N(c1ccccn1)C1CCNC1. The molecular formula is C10H13N3O2. The molecule has 80 valence electrons. The van der Waals surface area contributed by atoms with Gasteiger partial charge in [0.25, 0.3) is 0 Å². The third kappa shape index (κ3) is 2.07. The lowest BCUT2D eigenvalue weighted by atomic mass is 10.2. The number of amides is 1. The van der Waals surface area contributed by atoms with Crippen LogP contribution in [0.15, 0.2) is 24.4 Å². The summed E-state index contributed by atoms with van der Waals surface area (Å²) in [6.07, 6.45) is 1.50. The zero-order valence-electron chi connectivity index (χ0n) is 8.26. The van der Waals surface area contributed by atoms with E-state index in [9.17, 15) is 4.79 Å². The summed E-state index contributed by atoms with van der Waals surface area (Å²) >= 11 is 0. The van der Waals surface area contributed by atoms with Crippen molar-refractivity contribution in [1.29, 1.82) is 0 Å². The second-order valence-corrected chi connectivity index (χ2v) is 3.49. The Morgan fingerprint density at radius 3 is 3.00 bits per heavy atom. The van der Waals surface area contributed by atoms with Crippen molar-refractivity contribution in [3.8, 4) is 0 Å². The molecule has 1 aromatic heterocycles. The molecule has 1 aliphatic rings. The van der Waals surface area contributed by atoms with Crippen LogP contribution >= 0.6 is 0 Å². The van der Waals surface area contributed by atoms with Crippen LogP contribution in [0.1, 0.15) is 6.42 Å². The summed E-state index contributed by atoms with van der Waals surface area (Å²) in [6.45, 7) is 1.56. The minimum atomic E-state index is -0.942. The number of hydrogen-bond acceptors (Lipinski definition) is 3. The molecule has 2 rings (SSSR count). The zero-order valence-corrected chi connectivity index (χ0v) is 8.26. The topological polar surface area (TPSA) is 65.5 Å². The molecular weight excluding hydrogens is 194 g/mol. The number of pyridine rings is 1. The molecule has 0 bridgehead atoms. The average molecular weight is 207 g/mol. The molecule has 0 saturated carbocycles. The van der Waals surface area contributed by atoms with E-state index in [4.69, 9.17) is 5.11 Å². The lowest BCUT2D eigenvalue weighted by molar-refractivity contribution is 0.199. The smallest absolute Gasteiger partial charge is 0.413 e. The minimum Gasteiger partial charge on any atom is -0.465 e. The molecule has 0 aliphatic carbocycles. The van der Waals surface area contributed by atoms with Gasteiger partial charge in [-0.15, -0.1) is 0 Å². The number of carboxylic acid groups (broad SMARTS) is 1. The molecule has 0 radical (unpaired) electrons. The molecule has 1 saturated heterocycles. The van der Waals surface area contributed by atoms with Gasteiger partial charge in [-0.2, -0.15) is 0 Å². The largest absolute Gasteiger partial charge is 0.465 e. The summed E-state index contributed by atoms with van der Waals surface area (Å²) in [5, 5.41) is 12.3. The number of hydrogen-bond donors (Lipinski definition) is 2. The molecule has 2 heterocycles. The quantitative estimate of drug-likeness (QED) is 0.757. The van der Waals surface area contributed by atoms with Crippen LogP contribution in [0.4, 0.5) is 10.6 Å².